The number of amides is 1. The molecule has 1 amide bonds. The highest BCUT2D eigenvalue weighted by molar-refractivity contribution is 7.89. The largest absolute Gasteiger partial charge is 0.387 e. The van der Waals surface area contributed by atoms with Gasteiger partial charge in [0, 0.05) is 25.7 Å². The number of fused-ring (bicyclic) bond motifs is 1. The highest BCUT2D eigenvalue weighted by Gasteiger charge is 2.28. The third-order valence-corrected chi connectivity index (χ3v) is 6.23. The van der Waals surface area contributed by atoms with E-state index in [1.165, 1.54) is 23.5 Å². The molecular formula is C17H22N4O4S. The first-order chi connectivity index (χ1) is 12.3. The summed E-state index contributed by atoms with van der Waals surface area (Å²) in [5.74, 6) is -0.336. The second-order valence-corrected chi connectivity index (χ2v) is 8.20. The third kappa shape index (κ3) is 3.50. The lowest BCUT2D eigenvalue weighted by molar-refractivity contribution is 0.0963. The highest BCUT2D eigenvalue weighted by atomic mass is 32.2. The number of aliphatic hydroxyl groups excluding tert-OH is 1. The molecule has 2 N–H and O–H groups in total. The molecule has 0 aliphatic carbocycles. The van der Waals surface area contributed by atoms with E-state index in [4.69, 9.17) is 0 Å². The molecule has 0 unspecified atom stereocenters. The number of benzene rings is 1. The van der Waals surface area contributed by atoms with Gasteiger partial charge in [-0.05, 0) is 37.6 Å². The molecule has 0 spiro atoms. The summed E-state index contributed by atoms with van der Waals surface area (Å²) >= 11 is 0. The van der Waals surface area contributed by atoms with E-state index in [9.17, 15) is 18.3 Å². The van der Waals surface area contributed by atoms with Crippen molar-refractivity contribution >= 4 is 15.9 Å². The average Bonchev–Trinajstić information content (AvgIpc) is 2.93. The summed E-state index contributed by atoms with van der Waals surface area (Å²) in [7, 11) is -2.25. The Kier molecular flexibility index (Phi) is 5.12. The SMILES string of the molecule is CNC(=O)c1cccc(S(=O)(=O)N2CCCn3nc([C@@H](C)O)cc3C2)c1. The second kappa shape index (κ2) is 7.18. The van der Waals surface area contributed by atoms with E-state index in [0.717, 1.165) is 5.69 Å². The van der Waals surface area contributed by atoms with Gasteiger partial charge in [0.1, 0.15) is 0 Å². The lowest BCUT2D eigenvalue weighted by atomic mass is 10.2. The predicted molar refractivity (Wildman–Crippen MR) is 94.9 cm³/mol. The van der Waals surface area contributed by atoms with Crippen molar-refractivity contribution in [2.75, 3.05) is 13.6 Å². The van der Waals surface area contributed by atoms with Gasteiger partial charge in [-0.15, -0.1) is 0 Å². The molecular weight excluding hydrogens is 356 g/mol. The maximum absolute atomic E-state index is 13.1. The van der Waals surface area contributed by atoms with E-state index in [-0.39, 0.29) is 17.3 Å². The summed E-state index contributed by atoms with van der Waals surface area (Å²) in [6.07, 6.45) is -0.0915. The molecule has 0 fully saturated rings. The number of carbonyl (C=O) groups is 1. The van der Waals surface area contributed by atoms with Crippen LogP contribution in [0.1, 0.15) is 41.2 Å². The number of nitrogens with one attached hydrogen (secondary N) is 1. The van der Waals surface area contributed by atoms with Gasteiger partial charge >= 0.3 is 0 Å². The van der Waals surface area contributed by atoms with Gasteiger partial charge in [0.2, 0.25) is 10.0 Å². The molecule has 1 aromatic heterocycles. The molecule has 140 valence electrons. The van der Waals surface area contributed by atoms with Crippen molar-refractivity contribution in [3.05, 3.63) is 47.3 Å². The van der Waals surface area contributed by atoms with Crippen LogP contribution in [0, 0.1) is 0 Å². The monoisotopic (exact) mass is 378 g/mol. The fourth-order valence-corrected chi connectivity index (χ4v) is 4.45. The number of hydrogen-bond donors (Lipinski definition) is 2. The van der Waals surface area contributed by atoms with Gasteiger partial charge in [0.15, 0.2) is 0 Å². The Hall–Kier alpha value is -2.23. The van der Waals surface area contributed by atoms with E-state index in [2.05, 4.69) is 10.4 Å². The molecule has 0 saturated carbocycles. The zero-order chi connectivity index (χ0) is 18.9. The zero-order valence-corrected chi connectivity index (χ0v) is 15.5. The molecule has 1 aliphatic heterocycles. The molecule has 1 aromatic carbocycles. The maximum atomic E-state index is 13.1. The van der Waals surface area contributed by atoms with E-state index < -0.39 is 16.1 Å². The lowest BCUT2D eigenvalue weighted by Crippen LogP contribution is -2.31. The molecule has 2 heterocycles. The van der Waals surface area contributed by atoms with E-state index in [0.29, 0.717) is 30.8 Å². The Balaban J connectivity index is 1.93. The third-order valence-electron chi connectivity index (χ3n) is 4.39. The van der Waals surface area contributed by atoms with Gasteiger partial charge in [0.05, 0.1) is 28.9 Å². The Morgan fingerprint density at radius 2 is 2.08 bits per heavy atom. The fourth-order valence-electron chi connectivity index (χ4n) is 2.96. The topological polar surface area (TPSA) is 105 Å². The number of aryl methyl sites for hydroxylation is 1. The van der Waals surface area contributed by atoms with Crippen molar-refractivity contribution in [1.29, 1.82) is 0 Å². The van der Waals surface area contributed by atoms with Gasteiger partial charge in [0.25, 0.3) is 5.91 Å². The van der Waals surface area contributed by atoms with Crippen LogP contribution in [0.2, 0.25) is 0 Å². The number of rotatable bonds is 4. The summed E-state index contributed by atoms with van der Waals surface area (Å²) < 4.78 is 29.3. The van der Waals surface area contributed by atoms with Crippen LogP contribution in [-0.4, -0.2) is 47.1 Å². The summed E-state index contributed by atoms with van der Waals surface area (Å²) in [6.45, 7) is 2.75. The van der Waals surface area contributed by atoms with Crippen molar-refractivity contribution in [2.24, 2.45) is 0 Å². The number of nitrogens with zero attached hydrogens (tertiary/aromatic N) is 3. The maximum Gasteiger partial charge on any atom is 0.251 e. The van der Waals surface area contributed by atoms with Gasteiger partial charge in [-0.3, -0.25) is 9.48 Å². The van der Waals surface area contributed by atoms with Crippen LogP contribution in [-0.2, 0) is 23.1 Å². The smallest absolute Gasteiger partial charge is 0.251 e. The van der Waals surface area contributed by atoms with E-state index in [1.807, 2.05) is 0 Å². The van der Waals surface area contributed by atoms with Gasteiger partial charge in [-0.1, -0.05) is 6.07 Å². The predicted octanol–water partition coefficient (Wildman–Crippen LogP) is 0.891. The van der Waals surface area contributed by atoms with E-state index in [1.54, 1.807) is 29.8 Å². The number of aliphatic hydroxyl groups is 1. The molecule has 3 rings (SSSR count). The number of carbonyl (C=O) groups excluding carboxylic acids is 1. The molecule has 8 nitrogen and oxygen atoms in total. The molecule has 26 heavy (non-hydrogen) atoms. The molecule has 1 atom stereocenters. The van der Waals surface area contributed by atoms with Crippen LogP contribution in [0.4, 0.5) is 0 Å². The summed E-state index contributed by atoms with van der Waals surface area (Å²) in [6, 6.07) is 7.75. The van der Waals surface area contributed by atoms with E-state index >= 15 is 0 Å². The average molecular weight is 378 g/mol. The van der Waals surface area contributed by atoms with Crippen LogP contribution < -0.4 is 5.32 Å². The van der Waals surface area contributed by atoms with Gasteiger partial charge < -0.3 is 10.4 Å². The Labute approximate surface area is 152 Å². The molecule has 0 bridgehead atoms. The van der Waals surface area contributed by atoms with Crippen LogP contribution in [0.15, 0.2) is 35.2 Å². The van der Waals surface area contributed by atoms with Crippen LogP contribution >= 0.6 is 0 Å². The minimum Gasteiger partial charge on any atom is -0.387 e. The van der Waals surface area contributed by atoms with Crippen LogP contribution in [0.3, 0.4) is 0 Å². The van der Waals surface area contributed by atoms with Crippen LogP contribution in [0.25, 0.3) is 0 Å². The fraction of sp³-hybridized carbons (Fsp3) is 0.412. The molecule has 0 radical (unpaired) electrons. The van der Waals surface area contributed by atoms with Crippen molar-refractivity contribution in [3.63, 3.8) is 0 Å². The molecule has 9 heteroatoms. The summed E-state index contributed by atoms with van der Waals surface area (Å²) in [4.78, 5) is 11.9. The Bertz CT molecular complexity index is 921. The van der Waals surface area contributed by atoms with Crippen molar-refractivity contribution in [3.8, 4) is 0 Å². The number of hydrogen-bond acceptors (Lipinski definition) is 5. The first kappa shape index (κ1) is 18.6. The quantitative estimate of drug-likeness (QED) is 0.822. The first-order valence-electron chi connectivity index (χ1n) is 8.40. The van der Waals surface area contributed by atoms with Crippen molar-refractivity contribution < 1.29 is 18.3 Å². The summed E-state index contributed by atoms with van der Waals surface area (Å²) in [5.41, 5.74) is 1.56. The summed E-state index contributed by atoms with van der Waals surface area (Å²) in [5, 5.41) is 16.5. The number of aromatic nitrogens is 2. The normalized spacial score (nSPS) is 16.6. The van der Waals surface area contributed by atoms with Crippen molar-refractivity contribution in [2.45, 2.75) is 37.4 Å². The van der Waals surface area contributed by atoms with Gasteiger partial charge in [-0.2, -0.15) is 9.40 Å². The minimum atomic E-state index is -3.75. The minimum absolute atomic E-state index is 0.0855. The zero-order valence-electron chi connectivity index (χ0n) is 14.7. The van der Waals surface area contributed by atoms with Gasteiger partial charge in [-0.25, -0.2) is 8.42 Å². The highest BCUT2D eigenvalue weighted by Crippen LogP contribution is 2.24. The number of sulfonamides is 1. The standard InChI is InChI=1S/C17H22N4O4S/c1-12(22)16-10-14-11-20(7-4-8-21(14)19-16)26(24,25)15-6-3-5-13(9-15)17(23)18-2/h3,5-6,9-10,12,22H,4,7-8,11H2,1-2H3,(H,18,23)/t12-/m1/s1. The Morgan fingerprint density at radius 1 is 1.31 bits per heavy atom. The van der Waals surface area contributed by atoms with Crippen molar-refractivity contribution in [1.82, 2.24) is 19.4 Å². The molecule has 1 aliphatic rings. The molecule has 0 saturated heterocycles. The molecule has 2 aromatic rings. The lowest BCUT2D eigenvalue weighted by Gasteiger charge is -2.20. The first-order valence-corrected chi connectivity index (χ1v) is 9.84. The Morgan fingerprint density at radius 3 is 2.77 bits per heavy atom. The van der Waals surface area contributed by atoms with Crippen LogP contribution in [0.5, 0.6) is 0 Å². The second-order valence-electron chi connectivity index (χ2n) is 6.26.